The van der Waals surface area contributed by atoms with Crippen molar-refractivity contribution in [2.75, 3.05) is 6.61 Å². The van der Waals surface area contributed by atoms with E-state index >= 15 is 0 Å². The molecule has 0 bridgehead atoms. The maximum atomic E-state index is 12.5. The van der Waals surface area contributed by atoms with Gasteiger partial charge < -0.3 is 4.74 Å². The molecular weight excluding hydrogens is 162 g/mol. The summed E-state index contributed by atoms with van der Waals surface area (Å²) in [4.78, 5) is 0. The van der Waals surface area contributed by atoms with Gasteiger partial charge in [0.25, 0.3) is 0 Å². The van der Waals surface area contributed by atoms with Crippen LogP contribution in [0.3, 0.4) is 0 Å². The fraction of sp³-hybridized carbons (Fsp3) is 0.222. The van der Waals surface area contributed by atoms with Crippen molar-refractivity contribution in [1.82, 2.24) is 0 Å². The van der Waals surface area contributed by atoms with E-state index in [0.29, 0.717) is 5.56 Å². The molecule has 3 heteroatoms. The van der Waals surface area contributed by atoms with E-state index in [0.717, 1.165) is 6.07 Å². The molecule has 0 fully saturated rings. The molecule has 0 unspecified atom stereocenters. The molecule has 0 N–H and O–H groups in total. The number of rotatable bonds is 3. The van der Waals surface area contributed by atoms with Crippen LogP contribution in [0.15, 0.2) is 18.2 Å². The first-order chi connectivity index (χ1) is 5.72. The van der Waals surface area contributed by atoms with Crippen LogP contribution in [-0.4, -0.2) is 6.61 Å². The lowest BCUT2D eigenvalue weighted by molar-refractivity contribution is 0.147. The summed E-state index contributed by atoms with van der Waals surface area (Å²) in [6.07, 6.45) is 0. The van der Waals surface area contributed by atoms with Crippen molar-refractivity contribution in [2.45, 2.75) is 6.61 Å². The Morgan fingerprint density at radius 2 is 1.75 bits per heavy atom. The molecule has 0 amide bonds. The monoisotopic (exact) mass is 171 g/mol. The summed E-state index contributed by atoms with van der Waals surface area (Å²) in [5, 5.41) is 0. The van der Waals surface area contributed by atoms with Gasteiger partial charge in [0.1, 0.15) is 11.6 Å². The zero-order valence-corrected chi connectivity index (χ0v) is 6.52. The summed E-state index contributed by atoms with van der Waals surface area (Å²) >= 11 is 0. The quantitative estimate of drug-likeness (QED) is 0.678. The fourth-order valence-corrected chi connectivity index (χ4v) is 0.884. The predicted octanol–water partition coefficient (Wildman–Crippen LogP) is 2.32. The van der Waals surface area contributed by atoms with E-state index in [2.05, 4.69) is 6.92 Å². The lowest BCUT2D eigenvalue weighted by Gasteiger charge is -2.01. The third kappa shape index (κ3) is 2.58. The highest BCUT2D eigenvalue weighted by molar-refractivity contribution is 5.16. The lowest BCUT2D eigenvalue weighted by Crippen LogP contribution is -1.93. The van der Waals surface area contributed by atoms with Crippen LogP contribution in [0, 0.1) is 18.6 Å². The van der Waals surface area contributed by atoms with E-state index in [-0.39, 0.29) is 13.2 Å². The highest BCUT2D eigenvalue weighted by atomic mass is 19.1. The van der Waals surface area contributed by atoms with Gasteiger partial charge >= 0.3 is 0 Å². The maximum Gasteiger partial charge on any atom is 0.126 e. The fourth-order valence-electron chi connectivity index (χ4n) is 0.884. The number of ether oxygens (including phenoxy) is 1. The second-order valence-electron chi connectivity index (χ2n) is 2.33. The van der Waals surface area contributed by atoms with E-state index in [1.165, 1.54) is 12.1 Å². The number of benzene rings is 1. The molecule has 12 heavy (non-hydrogen) atoms. The molecule has 1 aromatic carbocycles. The molecular formula is C9H9F2O. The molecule has 1 radical (unpaired) electrons. The van der Waals surface area contributed by atoms with Gasteiger partial charge in [-0.1, -0.05) is 0 Å². The molecule has 0 aliphatic carbocycles. The Balaban J connectivity index is 2.72. The van der Waals surface area contributed by atoms with Gasteiger partial charge in [0.15, 0.2) is 0 Å². The first kappa shape index (κ1) is 9.13. The molecule has 1 aromatic rings. The first-order valence-corrected chi connectivity index (χ1v) is 3.54. The normalized spacial score (nSPS) is 10.2. The topological polar surface area (TPSA) is 9.23 Å². The molecule has 0 atom stereocenters. The molecule has 0 saturated heterocycles. The van der Waals surface area contributed by atoms with Crippen LogP contribution >= 0.6 is 0 Å². The minimum Gasteiger partial charge on any atom is -0.377 e. The van der Waals surface area contributed by atoms with Gasteiger partial charge in [-0.15, -0.1) is 0 Å². The Morgan fingerprint density at radius 3 is 2.25 bits per heavy atom. The van der Waals surface area contributed by atoms with E-state index < -0.39 is 11.6 Å². The van der Waals surface area contributed by atoms with Crippen LogP contribution in [0.25, 0.3) is 0 Å². The third-order valence-electron chi connectivity index (χ3n) is 1.34. The number of hydrogen-bond donors (Lipinski definition) is 0. The molecule has 1 nitrogen and oxygen atoms in total. The second-order valence-corrected chi connectivity index (χ2v) is 2.33. The Labute approximate surface area is 70.0 Å². The van der Waals surface area contributed by atoms with Crippen molar-refractivity contribution in [3.63, 3.8) is 0 Å². The standard InChI is InChI=1S/C9H9F2O/c1-2-12-6-7-3-8(10)5-9(11)4-7/h3-5H,1-2,6H2. The Bertz CT molecular complexity index is 240. The first-order valence-electron chi connectivity index (χ1n) is 3.54. The third-order valence-corrected chi connectivity index (χ3v) is 1.34. The highest BCUT2D eigenvalue weighted by Crippen LogP contribution is 2.08. The van der Waals surface area contributed by atoms with Crippen LogP contribution in [0.1, 0.15) is 5.56 Å². The predicted molar refractivity (Wildman–Crippen MR) is 41.4 cm³/mol. The van der Waals surface area contributed by atoms with E-state index in [1.54, 1.807) is 0 Å². The van der Waals surface area contributed by atoms with Crippen molar-refractivity contribution in [2.24, 2.45) is 0 Å². The summed E-state index contributed by atoms with van der Waals surface area (Å²) < 4.78 is 30.0. The number of hydrogen-bond acceptors (Lipinski definition) is 1. The zero-order chi connectivity index (χ0) is 8.97. The van der Waals surface area contributed by atoms with Crippen LogP contribution in [0.4, 0.5) is 8.78 Å². The summed E-state index contributed by atoms with van der Waals surface area (Å²) in [5.41, 5.74) is 0.483. The smallest absolute Gasteiger partial charge is 0.126 e. The van der Waals surface area contributed by atoms with E-state index in [9.17, 15) is 8.78 Å². The zero-order valence-electron chi connectivity index (χ0n) is 6.52. The van der Waals surface area contributed by atoms with Gasteiger partial charge in [-0.05, 0) is 24.6 Å². The van der Waals surface area contributed by atoms with Crippen molar-refractivity contribution in [1.29, 1.82) is 0 Å². The van der Waals surface area contributed by atoms with Gasteiger partial charge in [0.05, 0.1) is 6.61 Å². The second kappa shape index (κ2) is 4.16. The van der Waals surface area contributed by atoms with Gasteiger partial charge in [-0.3, -0.25) is 0 Å². The molecule has 0 heterocycles. The van der Waals surface area contributed by atoms with Gasteiger partial charge in [-0.25, -0.2) is 8.78 Å². The van der Waals surface area contributed by atoms with E-state index in [4.69, 9.17) is 4.74 Å². The van der Waals surface area contributed by atoms with Crippen molar-refractivity contribution >= 4 is 0 Å². The Morgan fingerprint density at radius 1 is 1.17 bits per heavy atom. The summed E-state index contributed by atoms with van der Waals surface area (Å²) in [6, 6.07) is 3.30. The van der Waals surface area contributed by atoms with Crippen LogP contribution in [0.5, 0.6) is 0 Å². The van der Waals surface area contributed by atoms with Crippen molar-refractivity contribution < 1.29 is 13.5 Å². The largest absolute Gasteiger partial charge is 0.377 e. The highest BCUT2D eigenvalue weighted by Gasteiger charge is 1.99. The van der Waals surface area contributed by atoms with Gasteiger partial charge in [0, 0.05) is 12.7 Å². The van der Waals surface area contributed by atoms with Gasteiger partial charge in [-0.2, -0.15) is 0 Å². The SMILES string of the molecule is [CH2]COCc1cc(F)cc(F)c1. The van der Waals surface area contributed by atoms with E-state index in [1.807, 2.05) is 0 Å². The summed E-state index contributed by atoms with van der Waals surface area (Å²) in [6.45, 7) is 3.92. The molecule has 0 spiro atoms. The van der Waals surface area contributed by atoms with Crippen molar-refractivity contribution in [3.8, 4) is 0 Å². The minimum absolute atomic E-state index is 0.193. The maximum absolute atomic E-state index is 12.5. The Hall–Kier alpha value is -0.960. The lowest BCUT2D eigenvalue weighted by atomic mass is 10.2. The van der Waals surface area contributed by atoms with Crippen LogP contribution in [0.2, 0.25) is 0 Å². The average Bonchev–Trinajstić information content (AvgIpc) is 1.99. The molecule has 0 aliphatic heterocycles. The number of halogens is 2. The Kier molecular flexibility index (Phi) is 3.17. The average molecular weight is 171 g/mol. The molecule has 0 aromatic heterocycles. The molecule has 1 rings (SSSR count). The minimum atomic E-state index is -0.585. The van der Waals surface area contributed by atoms with Crippen LogP contribution in [-0.2, 0) is 11.3 Å². The van der Waals surface area contributed by atoms with Gasteiger partial charge in [0.2, 0.25) is 0 Å². The van der Waals surface area contributed by atoms with Crippen molar-refractivity contribution in [3.05, 3.63) is 42.3 Å². The van der Waals surface area contributed by atoms with Crippen LogP contribution < -0.4 is 0 Å². The summed E-state index contributed by atoms with van der Waals surface area (Å²) in [5.74, 6) is -1.17. The molecule has 0 saturated carbocycles. The summed E-state index contributed by atoms with van der Waals surface area (Å²) in [7, 11) is 0. The molecule has 0 aliphatic rings. The molecule has 65 valence electrons.